The van der Waals surface area contributed by atoms with Gasteiger partial charge in [0.15, 0.2) is 0 Å². The maximum atomic E-state index is 10.6. The molecule has 0 unspecified atom stereocenters. The number of aliphatic hydroxyl groups excluding tert-OH is 1. The average Bonchev–Trinajstić information content (AvgIpc) is 2.34. The Morgan fingerprint density at radius 3 is 2.53 bits per heavy atom. The number of ether oxygens (including phenoxy) is 1. The summed E-state index contributed by atoms with van der Waals surface area (Å²) in [4.78, 5) is 10.6. The van der Waals surface area contributed by atoms with Gasteiger partial charge in [-0.05, 0) is 17.7 Å². The summed E-state index contributed by atoms with van der Waals surface area (Å²) in [5.41, 5.74) is 1.32. The second kappa shape index (κ2) is 7.78. The molecule has 0 aromatic heterocycles. The minimum absolute atomic E-state index is 0.0383. The molecule has 17 heavy (non-hydrogen) atoms. The Morgan fingerprint density at radius 2 is 1.94 bits per heavy atom. The third-order valence-electron chi connectivity index (χ3n) is 2.19. The van der Waals surface area contributed by atoms with E-state index in [0.717, 1.165) is 5.56 Å². The average molecular weight is 239 g/mol. The number of hydrogen-bond donors (Lipinski definition) is 3. The Bertz CT molecular complexity index is 337. The minimum Gasteiger partial charge on any atom is -0.478 e. The first-order chi connectivity index (χ1) is 8.24. The standard InChI is InChI=1S/C12H17NO4/c14-6-8-17-7-5-13-9-10-1-3-11(4-2-10)12(15)16/h1-4,13-14H,5-9H2,(H,15,16). The van der Waals surface area contributed by atoms with Gasteiger partial charge in [-0.2, -0.15) is 0 Å². The molecule has 5 nitrogen and oxygen atoms in total. The number of carboxylic acids is 1. The highest BCUT2D eigenvalue weighted by molar-refractivity contribution is 5.87. The lowest BCUT2D eigenvalue weighted by molar-refractivity contribution is 0.0697. The molecule has 0 saturated heterocycles. The van der Waals surface area contributed by atoms with Gasteiger partial charge in [0.2, 0.25) is 0 Å². The van der Waals surface area contributed by atoms with Gasteiger partial charge >= 0.3 is 5.97 Å². The number of aliphatic hydroxyl groups is 1. The number of carbonyl (C=O) groups is 1. The second-order valence-electron chi connectivity index (χ2n) is 3.51. The van der Waals surface area contributed by atoms with E-state index < -0.39 is 5.97 Å². The van der Waals surface area contributed by atoms with Crippen LogP contribution in [0.25, 0.3) is 0 Å². The lowest BCUT2D eigenvalue weighted by Crippen LogP contribution is -2.20. The molecule has 0 atom stereocenters. The van der Waals surface area contributed by atoms with Crippen LogP contribution < -0.4 is 5.32 Å². The molecule has 0 bridgehead atoms. The largest absolute Gasteiger partial charge is 0.478 e. The summed E-state index contributed by atoms with van der Waals surface area (Å²) in [6, 6.07) is 6.74. The molecule has 0 amide bonds. The highest BCUT2D eigenvalue weighted by Gasteiger charge is 2.01. The van der Waals surface area contributed by atoms with Crippen LogP contribution in [0.2, 0.25) is 0 Å². The van der Waals surface area contributed by atoms with Crippen LogP contribution >= 0.6 is 0 Å². The van der Waals surface area contributed by atoms with E-state index in [4.69, 9.17) is 14.9 Å². The number of hydrogen-bond acceptors (Lipinski definition) is 4. The van der Waals surface area contributed by atoms with Crippen LogP contribution in [0.5, 0.6) is 0 Å². The fraction of sp³-hybridized carbons (Fsp3) is 0.417. The Balaban J connectivity index is 2.21. The molecule has 0 aliphatic rings. The summed E-state index contributed by atoms with van der Waals surface area (Å²) in [6.45, 7) is 2.31. The predicted octanol–water partition coefficient (Wildman–Crippen LogP) is 0.483. The summed E-state index contributed by atoms with van der Waals surface area (Å²) in [5, 5.41) is 20.4. The van der Waals surface area contributed by atoms with Gasteiger partial charge in [0.1, 0.15) is 0 Å². The maximum Gasteiger partial charge on any atom is 0.335 e. The van der Waals surface area contributed by atoms with Crippen LogP contribution in [0.15, 0.2) is 24.3 Å². The third kappa shape index (κ3) is 5.44. The zero-order valence-electron chi connectivity index (χ0n) is 9.56. The van der Waals surface area contributed by atoms with Crippen molar-refractivity contribution < 1.29 is 19.7 Å². The summed E-state index contributed by atoms with van der Waals surface area (Å²) in [6.07, 6.45) is 0. The zero-order valence-corrected chi connectivity index (χ0v) is 9.56. The van der Waals surface area contributed by atoms with Crippen LogP contribution in [0, 0.1) is 0 Å². The predicted molar refractivity (Wildman–Crippen MR) is 63.0 cm³/mol. The number of nitrogens with one attached hydrogen (secondary N) is 1. The molecule has 0 heterocycles. The molecule has 0 aliphatic heterocycles. The summed E-state index contributed by atoms with van der Waals surface area (Å²) >= 11 is 0. The van der Waals surface area contributed by atoms with Crippen molar-refractivity contribution in [1.29, 1.82) is 0 Å². The molecule has 1 aromatic carbocycles. The Labute approximate surface area is 100 Å². The molecule has 0 saturated carbocycles. The zero-order chi connectivity index (χ0) is 12.5. The monoisotopic (exact) mass is 239 g/mol. The first-order valence-electron chi connectivity index (χ1n) is 5.45. The van der Waals surface area contributed by atoms with Gasteiger partial charge in [0, 0.05) is 13.1 Å². The Kier molecular flexibility index (Phi) is 6.24. The SMILES string of the molecule is O=C(O)c1ccc(CNCCOCCO)cc1. The molecule has 0 radical (unpaired) electrons. The molecule has 0 fully saturated rings. The van der Waals surface area contributed by atoms with Crippen molar-refractivity contribution in [1.82, 2.24) is 5.32 Å². The number of aromatic carboxylic acids is 1. The van der Waals surface area contributed by atoms with E-state index in [0.29, 0.717) is 31.9 Å². The van der Waals surface area contributed by atoms with Gasteiger partial charge in [-0.15, -0.1) is 0 Å². The van der Waals surface area contributed by atoms with Crippen molar-refractivity contribution in [3.63, 3.8) is 0 Å². The minimum atomic E-state index is -0.915. The van der Waals surface area contributed by atoms with E-state index in [2.05, 4.69) is 5.32 Å². The van der Waals surface area contributed by atoms with Gasteiger partial charge in [0.05, 0.1) is 25.4 Å². The van der Waals surface area contributed by atoms with E-state index in [1.165, 1.54) is 0 Å². The molecule has 3 N–H and O–H groups in total. The molecule has 5 heteroatoms. The van der Waals surface area contributed by atoms with Crippen molar-refractivity contribution in [2.24, 2.45) is 0 Å². The molecule has 1 rings (SSSR count). The van der Waals surface area contributed by atoms with E-state index >= 15 is 0 Å². The molecule has 94 valence electrons. The molecular weight excluding hydrogens is 222 g/mol. The third-order valence-corrected chi connectivity index (χ3v) is 2.19. The first-order valence-corrected chi connectivity index (χ1v) is 5.45. The van der Waals surface area contributed by atoms with Gasteiger partial charge in [-0.3, -0.25) is 0 Å². The summed E-state index contributed by atoms with van der Waals surface area (Å²) in [5.74, 6) is -0.915. The molecular formula is C12H17NO4. The van der Waals surface area contributed by atoms with Crippen LogP contribution in [-0.4, -0.2) is 42.5 Å². The summed E-state index contributed by atoms with van der Waals surface area (Å²) < 4.78 is 5.08. The fourth-order valence-corrected chi connectivity index (χ4v) is 1.31. The topological polar surface area (TPSA) is 78.8 Å². The van der Waals surface area contributed by atoms with E-state index in [1.54, 1.807) is 24.3 Å². The summed E-state index contributed by atoms with van der Waals surface area (Å²) in [7, 11) is 0. The van der Waals surface area contributed by atoms with Crippen LogP contribution in [0.1, 0.15) is 15.9 Å². The van der Waals surface area contributed by atoms with Crippen LogP contribution in [0.4, 0.5) is 0 Å². The Morgan fingerprint density at radius 1 is 1.24 bits per heavy atom. The molecule has 1 aromatic rings. The second-order valence-corrected chi connectivity index (χ2v) is 3.51. The van der Waals surface area contributed by atoms with Crippen molar-refractivity contribution in [2.75, 3.05) is 26.4 Å². The van der Waals surface area contributed by atoms with Gasteiger partial charge in [-0.25, -0.2) is 4.79 Å². The lowest BCUT2D eigenvalue weighted by Gasteiger charge is -2.05. The quantitative estimate of drug-likeness (QED) is 0.575. The molecule has 0 spiro atoms. The highest BCUT2D eigenvalue weighted by atomic mass is 16.5. The van der Waals surface area contributed by atoms with Crippen molar-refractivity contribution in [3.05, 3.63) is 35.4 Å². The van der Waals surface area contributed by atoms with E-state index in [-0.39, 0.29) is 6.61 Å². The number of benzene rings is 1. The molecule has 0 aliphatic carbocycles. The van der Waals surface area contributed by atoms with Gasteiger partial charge < -0.3 is 20.3 Å². The van der Waals surface area contributed by atoms with Gasteiger partial charge in [0.25, 0.3) is 0 Å². The van der Waals surface area contributed by atoms with E-state index in [9.17, 15) is 4.79 Å². The fourth-order valence-electron chi connectivity index (χ4n) is 1.31. The van der Waals surface area contributed by atoms with Gasteiger partial charge in [-0.1, -0.05) is 12.1 Å². The highest BCUT2D eigenvalue weighted by Crippen LogP contribution is 2.03. The lowest BCUT2D eigenvalue weighted by atomic mass is 10.1. The van der Waals surface area contributed by atoms with Crippen molar-refractivity contribution in [3.8, 4) is 0 Å². The van der Waals surface area contributed by atoms with Crippen LogP contribution in [-0.2, 0) is 11.3 Å². The van der Waals surface area contributed by atoms with E-state index in [1.807, 2.05) is 0 Å². The normalized spacial score (nSPS) is 10.4. The van der Waals surface area contributed by atoms with Crippen molar-refractivity contribution >= 4 is 5.97 Å². The smallest absolute Gasteiger partial charge is 0.335 e. The maximum absolute atomic E-state index is 10.6. The number of rotatable bonds is 8. The first kappa shape index (κ1) is 13.6. The van der Waals surface area contributed by atoms with Crippen LogP contribution in [0.3, 0.4) is 0 Å². The van der Waals surface area contributed by atoms with Crippen molar-refractivity contribution in [2.45, 2.75) is 6.54 Å². The Hall–Kier alpha value is -1.43. The number of carboxylic acid groups (broad SMARTS) is 1.